The van der Waals surface area contributed by atoms with E-state index in [1.165, 1.54) is 38.5 Å². The van der Waals surface area contributed by atoms with Crippen LogP contribution in [0.4, 0.5) is 0 Å². The molecule has 3 heteroatoms. The summed E-state index contributed by atoms with van der Waals surface area (Å²) in [5.74, 6) is 0.215. The number of carbonyl (C=O) groups is 1. The lowest BCUT2D eigenvalue weighted by atomic mass is 10.1. The van der Waals surface area contributed by atoms with Crippen LogP contribution in [0.25, 0.3) is 0 Å². The predicted molar refractivity (Wildman–Crippen MR) is 71.9 cm³/mol. The van der Waals surface area contributed by atoms with Gasteiger partial charge in [-0.05, 0) is 12.8 Å². The predicted octanol–water partition coefficient (Wildman–Crippen LogP) is 2.97. The lowest BCUT2D eigenvalue weighted by Crippen LogP contribution is -2.27. The fourth-order valence-electron chi connectivity index (χ4n) is 1.86. The SMILES string of the molecule is CCCCCCCCCC(=O)N(C)CCCO. The van der Waals surface area contributed by atoms with Gasteiger partial charge in [0.15, 0.2) is 0 Å². The molecule has 3 nitrogen and oxygen atoms in total. The van der Waals surface area contributed by atoms with Crippen LogP contribution in [-0.4, -0.2) is 36.1 Å². The molecule has 0 bridgehead atoms. The molecule has 0 aromatic carbocycles. The van der Waals surface area contributed by atoms with Crippen LogP contribution in [0.15, 0.2) is 0 Å². The maximum absolute atomic E-state index is 11.6. The van der Waals surface area contributed by atoms with Crippen LogP contribution in [0.3, 0.4) is 0 Å². The standard InChI is InChI=1S/C14H29NO2/c1-3-4-5-6-7-8-9-11-14(17)15(2)12-10-13-16/h16H,3-13H2,1-2H3. The molecule has 0 heterocycles. The van der Waals surface area contributed by atoms with Gasteiger partial charge in [0.1, 0.15) is 0 Å². The Labute approximate surface area is 106 Å². The van der Waals surface area contributed by atoms with E-state index in [-0.39, 0.29) is 12.5 Å². The van der Waals surface area contributed by atoms with Crippen LogP contribution in [0.5, 0.6) is 0 Å². The average molecular weight is 243 g/mol. The highest BCUT2D eigenvalue weighted by molar-refractivity contribution is 5.75. The molecule has 0 aliphatic heterocycles. The van der Waals surface area contributed by atoms with Crippen molar-refractivity contribution < 1.29 is 9.90 Å². The van der Waals surface area contributed by atoms with Crippen LogP contribution in [0.2, 0.25) is 0 Å². The van der Waals surface area contributed by atoms with E-state index < -0.39 is 0 Å². The van der Waals surface area contributed by atoms with Gasteiger partial charge in [-0.3, -0.25) is 4.79 Å². The summed E-state index contributed by atoms with van der Waals surface area (Å²) in [5.41, 5.74) is 0. The van der Waals surface area contributed by atoms with Crippen molar-refractivity contribution in [1.29, 1.82) is 0 Å². The molecule has 0 aliphatic carbocycles. The lowest BCUT2D eigenvalue weighted by molar-refractivity contribution is -0.130. The van der Waals surface area contributed by atoms with Crippen molar-refractivity contribution in [3.8, 4) is 0 Å². The maximum atomic E-state index is 11.6. The van der Waals surface area contributed by atoms with Crippen molar-refractivity contribution in [2.45, 2.75) is 64.7 Å². The number of aliphatic hydroxyl groups is 1. The minimum atomic E-state index is 0.162. The number of nitrogens with zero attached hydrogens (tertiary/aromatic N) is 1. The average Bonchev–Trinajstić information content (AvgIpc) is 2.34. The summed E-state index contributed by atoms with van der Waals surface area (Å²) >= 11 is 0. The molecule has 0 aromatic rings. The summed E-state index contributed by atoms with van der Waals surface area (Å²) in [6, 6.07) is 0. The van der Waals surface area contributed by atoms with Gasteiger partial charge in [-0.25, -0.2) is 0 Å². The molecule has 1 amide bonds. The van der Waals surface area contributed by atoms with Crippen molar-refractivity contribution >= 4 is 5.91 Å². The van der Waals surface area contributed by atoms with Gasteiger partial charge in [-0.2, -0.15) is 0 Å². The summed E-state index contributed by atoms with van der Waals surface area (Å²) in [6.07, 6.45) is 10.0. The second-order valence-electron chi connectivity index (χ2n) is 4.76. The molecule has 0 saturated heterocycles. The Bertz CT molecular complexity index is 183. The third kappa shape index (κ3) is 10.3. The van der Waals surface area contributed by atoms with Gasteiger partial charge in [-0.15, -0.1) is 0 Å². The molecule has 0 aromatic heterocycles. The molecule has 0 aliphatic rings. The van der Waals surface area contributed by atoms with Gasteiger partial charge in [0.25, 0.3) is 0 Å². The number of aliphatic hydroxyl groups excluding tert-OH is 1. The van der Waals surface area contributed by atoms with E-state index in [2.05, 4.69) is 6.92 Å². The molecular weight excluding hydrogens is 214 g/mol. The molecule has 0 atom stereocenters. The zero-order valence-electron chi connectivity index (χ0n) is 11.6. The second-order valence-corrected chi connectivity index (χ2v) is 4.76. The van der Waals surface area contributed by atoms with Crippen molar-refractivity contribution in [3.63, 3.8) is 0 Å². The van der Waals surface area contributed by atoms with E-state index in [0.29, 0.717) is 19.4 Å². The summed E-state index contributed by atoms with van der Waals surface area (Å²) in [7, 11) is 1.82. The second kappa shape index (κ2) is 11.9. The molecule has 17 heavy (non-hydrogen) atoms. The third-order valence-electron chi connectivity index (χ3n) is 3.07. The normalized spacial score (nSPS) is 10.5. The van der Waals surface area contributed by atoms with Gasteiger partial charge in [0.05, 0.1) is 0 Å². The van der Waals surface area contributed by atoms with Crippen molar-refractivity contribution in [2.75, 3.05) is 20.2 Å². The van der Waals surface area contributed by atoms with Gasteiger partial charge < -0.3 is 10.0 Å². The molecule has 0 radical (unpaired) electrons. The highest BCUT2D eigenvalue weighted by atomic mass is 16.3. The Balaban J connectivity index is 3.32. The van der Waals surface area contributed by atoms with Gasteiger partial charge in [0.2, 0.25) is 5.91 Å². The molecule has 1 N–H and O–H groups in total. The number of amides is 1. The Morgan fingerprint density at radius 2 is 1.59 bits per heavy atom. The summed E-state index contributed by atoms with van der Waals surface area (Å²) in [5, 5.41) is 8.68. The summed E-state index contributed by atoms with van der Waals surface area (Å²) < 4.78 is 0. The van der Waals surface area contributed by atoms with Crippen LogP contribution in [0, 0.1) is 0 Å². The molecule has 0 fully saturated rings. The van der Waals surface area contributed by atoms with E-state index in [1.807, 2.05) is 7.05 Å². The summed E-state index contributed by atoms with van der Waals surface area (Å²) in [4.78, 5) is 13.4. The topological polar surface area (TPSA) is 40.5 Å². The van der Waals surface area contributed by atoms with E-state index in [9.17, 15) is 4.79 Å². The first-order valence-corrected chi connectivity index (χ1v) is 7.07. The first kappa shape index (κ1) is 16.4. The highest BCUT2D eigenvalue weighted by Crippen LogP contribution is 2.09. The number of hydrogen-bond acceptors (Lipinski definition) is 2. The first-order valence-electron chi connectivity index (χ1n) is 7.07. The quantitative estimate of drug-likeness (QED) is 0.567. The van der Waals surface area contributed by atoms with E-state index >= 15 is 0 Å². The fourth-order valence-corrected chi connectivity index (χ4v) is 1.86. The largest absolute Gasteiger partial charge is 0.396 e. The molecule has 0 unspecified atom stereocenters. The van der Waals surface area contributed by atoms with Crippen LogP contribution >= 0.6 is 0 Å². The van der Waals surface area contributed by atoms with Gasteiger partial charge in [0, 0.05) is 26.6 Å². The smallest absolute Gasteiger partial charge is 0.222 e. The zero-order chi connectivity index (χ0) is 12.9. The van der Waals surface area contributed by atoms with E-state index in [4.69, 9.17) is 5.11 Å². The monoisotopic (exact) mass is 243 g/mol. The summed E-state index contributed by atoms with van der Waals surface area (Å²) in [6.45, 7) is 3.06. The van der Waals surface area contributed by atoms with Gasteiger partial charge >= 0.3 is 0 Å². The zero-order valence-corrected chi connectivity index (χ0v) is 11.6. The van der Waals surface area contributed by atoms with Crippen molar-refractivity contribution in [3.05, 3.63) is 0 Å². The van der Waals surface area contributed by atoms with Crippen molar-refractivity contribution in [2.24, 2.45) is 0 Å². The third-order valence-corrected chi connectivity index (χ3v) is 3.07. The molecule has 0 saturated carbocycles. The maximum Gasteiger partial charge on any atom is 0.222 e. The van der Waals surface area contributed by atoms with Crippen molar-refractivity contribution in [1.82, 2.24) is 4.90 Å². The Morgan fingerprint density at radius 3 is 2.18 bits per heavy atom. The number of unbranched alkanes of at least 4 members (excludes halogenated alkanes) is 6. The van der Waals surface area contributed by atoms with Crippen LogP contribution in [-0.2, 0) is 4.79 Å². The minimum absolute atomic E-state index is 0.162. The van der Waals surface area contributed by atoms with E-state index in [0.717, 1.165) is 6.42 Å². The number of carbonyl (C=O) groups excluding carboxylic acids is 1. The number of rotatable bonds is 11. The number of hydrogen-bond donors (Lipinski definition) is 1. The van der Waals surface area contributed by atoms with Gasteiger partial charge in [-0.1, -0.05) is 45.4 Å². The molecular formula is C14H29NO2. The molecule has 0 spiro atoms. The highest BCUT2D eigenvalue weighted by Gasteiger charge is 2.06. The van der Waals surface area contributed by atoms with E-state index in [1.54, 1.807) is 4.90 Å². The Kier molecular flexibility index (Phi) is 11.5. The molecule has 0 rings (SSSR count). The first-order chi connectivity index (χ1) is 8.22. The fraction of sp³-hybridized carbons (Fsp3) is 0.929. The Morgan fingerprint density at radius 1 is 1.00 bits per heavy atom. The molecule has 102 valence electrons. The van der Waals surface area contributed by atoms with Crippen LogP contribution in [0.1, 0.15) is 64.7 Å². The Hall–Kier alpha value is -0.570. The minimum Gasteiger partial charge on any atom is -0.396 e. The van der Waals surface area contributed by atoms with Crippen LogP contribution < -0.4 is 0 Å². The lowest BCUT2D eigenvalue weighted by Gasteiger charge is -2.16.